The number of hydrogen-bond donors (Lipinski definition) is 0. The fourth-order valence-corrected chi connectivity index (χ4v) is 2.80. The van der Waals surface area contributed by atoms with Crippen LogP contribution >= 0.6 is 11.6 Å². The second-order valence-electron chi connectivity index (χ2n) is 6.79. The van der Waals surface area contributed by atoms with Gasteiger partial charge < -0.3 is 4.57 Å². The summed E-state index contributed by atoms with van der Waals surface area (Å²) in [7, 11) is 0. The first-order chi connectivity index (χ1) is 10.4. The molecule has 22 heavy (non-hydrogen) atoms. The van der Waals surface area contributed by atoms with Crippen molar-refractivity contribution in [2.75, 3.05) is 0 Å². The Kier molecular flexibility index (Phi) is 3.92. The summed E-state index contributed by atoms with van der Waals surface area (Å²) in [6, 6.07) is 11.9. The first-order valence-corrected chi connectivity index (χ1v) is 7.85. The van der Waals surface area contributed by atoms with E-state index in [-0.39, 0.29) is 5.41 Å². The molecule has 2 aromatic heterocycles. The third kappa shape index (κ3) is 3.14. The quantitative estimate of drug-likeness (QED) is 0.700. The number of rotatable bonds is 3. The number of pyridine rings is 1. The minimum Gasteiger partial charge on any atom is -0.312 e. The lowest BCUT2D eigenvalue weighted by atomic mass is 9.96. The zero-order chi connectivity index (χ0) is 15.7. The average Bonchev–Trinajstić information content (AvgIpc) is 2.78. The monoisotopic (exact) mass is 313 g/mol. The van der Waals surface area contributed by atoms with Crippen LogP contribution in [0, 0.1) is 5.41 Å². The van der Waals surface area contributed by atoms with Gasteiger partial charge >= 0.3 is 0 Å². The van der Waals surface area contributed by atoms with Crippen molar-refractivity contribution in [3.8, 4) is 0 Å². The van der Waals surface area contributed by atoms with E-state index < -0.39 is 0 Å². The highest BCUT2D eigenvalue weighted by atomic mass is 35.5. The van der Waals surface area contributed by atoms with Crippen LogP contribution in [0.25, 0.3) is 11.2 Å². The molecule has 0 aliphatic carbocycles. The van der Waals surface area contributed by atoms with Crippen molar-refractivity contribution < 1.29 is 0 Å². The topological polar surface area (TPSA) is 30.7 Å². The number of hydrogen-bond acceptors (Lipinski definition) is 2. The van der Waals surface area contributed by atoms with Crippen LogP contribution in [0.4, 0.5) is 0 Å². The molecular weight excluding hydrogens is 294 g/mol. The van der Waals surface area contributed by atoms with Crippen LogP contribution in [-0.2, 0) is 13.0 Å². The zero-order valence-electron chi connectivity index (χ0n) is 13.2. The largest absolute Gasteiger partial charge is 0.312 e. The highest BCUT2D eigenvalue weighted by Gasteiger charge is 2.18. The van der Waals surface area contributed by atoms with Gasteiger partial charge in [-0.15, -0.1) is 0 Å². The second kappa shape index (κ2) is 5.73. The predicted molar refractivity (Wildman–Crippen MR) is 91.2 cm³/mol. The third-order valence-corrected chi connectivity index (χ3v) is 3.89. The smallest absolute Gasteiger partial charge is 0.160 e. The summed E-state index contributed by atoms with van der Waals surface area (Å²) in [6.07, 6.45) is 2.54. The number of benzene rings is 1. The summed E-state index contributed by atoms with van der Waals surface area (Å²) in [6.45, 7) is 7.55. The lowest BCUT2D eigenvalue weighted by molar-refractivity contribution is 0.343. The van der Waals surface area contributed by atoms with Crippen molar-refractivity contribution in [2.24, 2.45) is 5.41 Å². The maximum Gasteiger partial charge on any atom is 0.160 e. The number of aromatic nitrogens is 3. The van der Waals surface area contributed by atoms with Crippen molar-refractivity contribution >= 4 is 22.8 Å². The third-order valence-electron chi connectivity index (χ3n) is 3.52. The standard InChI is InChI=1S/C18H20ClN3/c1-18(2,3)12-22-16(11-13-7-4-5-8-14(13)19)21-15-9-6-10-20-17(15)22/h4-10H,11-12H2,1-3H3. The maximum atomic E-state index is 6.31. The normalized spacial score (nSPS) is 12.0. The molecule has 2 heterocycles. The Labute approximate surface area is 136 Å². The SMILES string of the molecule is CC(C)(C)Cn1c(Cc2ccccc2Cl)nc2cccnc21. The summed E-state index contributed by atoms with van der Waals surface area (Å²) in [4.78, 5) is 9.29. The summed E-state index contributed by atoms with van der Waals surface area (Å²) in [5, 5.41) is 0.782. The fourth-order valence-electron chi connectivity index (χ4n) is 2.59. The molecule has 0 atom stereocenters. The van der Waals surface area contributed by atoms with Crippen LogP contribution < -0.4 is 0 Å². The van der Waals surface area contributed by atoms with Crippen LogP contribution in [0.1, 0.15) is 32.2 Å². The van der Waals surface area contributed by atoms with Gasteiger partial charge in [-0.1, -0.05) is 50.6 Å². The molecule has 0 bridgehead atoms. The van der Waals surface area contributed by atoms with Gasteiger partial charge in [-0.25, -0.2) is 9.97 Å². The summed E-state index contributed by atoms with van der Waals surface area (Å²) >= 11 is 6.31. The van der Waals surface area contributed by atoms with Gasteiger partial charge in [-0.3, -0.25) is 0 Å². The molecule has 0 amide bonds. The summed E-state index contributed by atoms with van der Waals surface area (Å²) < 4.78 is 2.22. The molecule has 0 radical (unpaired) electrons. The molecule has 0 aliphatic rings. The van der Waals surface area contributed by atoms with E-state index in [0.29, 0.717) is 6.42 Å². The first-order valence-electron chi connectivity index (χ1n) is 7.47. The van der Waals surface area contributed by atoms with E-state index in [0.717, 1.165) is 34.1 Å². The highest BCUT2D eigenvalue weighted by Crippen LogP contribution is 2.25. The van der Waals surface area contributed by atoms with E-state index in [2.05, 4.69) is 36.4 Å². The van der Waals surface area contributed by atoms with E-state index in [1.807, 2.05) is 36.5 Å². The van der Waals surface area contributed by atoms with Gasteiger partial charge in [0.25, 0.3) is 0 Å². The van der Waals surface area contributed by atoms with Crippen LogP contribution in [0.2, 0.25) is 5.02 Å². The minimum atomic E-state index is 0.153. The van der Waals surface area contributed by atoms with Gasteiger partial charge in [0.1, 0.15) is 11.3 Å². The molecule has 0 spiro atoms. The molecule has 0 unspecified atom stereocenters. The molecule has 0 fully saturated rings. The van der Waals surface area contributed by atoms with E-state index in [4.69, 9.17) is 16.6 Å². The van der Waals surface area contributed by atoms with Crippen molar-refractivity contribution in [3.63, 3.8) is 0 Å². The Hall–Kier alpha value is -1.87. The van der Waals surface area contributed by atoms with Gasteiger partial charge in [-0.05, 0) is 29.2 Å². The molecule has 3 rings (SSSR count). The first kappa shape index (κ1) is 15.0. The van der Waals surface area contributed by atoms with Gasteiger partial charge in [0.2, 0.25) is 0 Å². The van der Waals surface area contributed by atoms with Gasteiger partial charge in [0.05, 0.1) is 0 Å². The van der Waals surface area contributed by atoms with Gasteiger partial charge in [0.15, 0.2) is 5.65 Å². The minimum absolute atomic E-state index is 0.153. The van der Waals surface area contributed by atoms with Gasteiger partial charge in [0, 0.05) is 24.2 Å². The molecule has 1 aromatic carbocycles. The number of nitrogens with zero attached hydrogens (tertiary/aromatic N) is 3. The Morgan fingerprint density at radius 1 is 1.09 bits per heavy atom. The van der Waals surface area contributed by atoms with E-state index >= 15 is 0 Å². The molecule has 4 heteroatoms. The molecule has 3 nitrogen and oxygen atoms in total. The highest BCUT2D eigenvalue weighted by molar-refractivity contribution is 6.31. The molecule has 0 saturated heterocycles. The fraction of sp³-hybridized carbons (Fsp3) is 0.333. The lowest BCUT2D eigenvalue weighted by Crippen LogP contribution is -2.18. The van der Waals surface area contributed by atoms with E-state index in [1.54, 1.807) is 0 Å². The van der Waals surface area contributed by atoms with Crippen molar-refractivity contribution in [2.45, 2.75) is 33.7 Å². The van der Waals surface area contributed by atoms with Crippen LogP contribution in [0.3, 0.4) is 0 Å². The average molecular weight is 314 g/mol. The van der Waals surface area contributed by atoms with Crippen LogP contribution in [0.15, 0.2) is 42.6 Å². The second-order valence-corrected chi connectivity index (χ2v) is 7.20. The van der Waals surface area contributed by atoms with Crippen molar-refractivity contribution in [3.05, 3.63) is 59.0 Å². The van der Waals surface area contributed by atoms with Crippen LogP contribution in [0.5, 0.6) is 0 Å². The van der Waals surface area contributed by atoms with E-state index in [9.17, 15) is 0 Å². The molecule has 3 aromatic rings. The van der Waals surface area contributed by atoms with Gasteiger partial charge in [-0.2, -0.15) is 0 Å². The molecular formula is C18H20ClN3. The molecule has 0 aliphatic heterocycles. The van der Waals surface area contributed by atoms with E-state index in [1.165, 1.54) is 0 Å². The summed E-state index contributed by atoms with van der Waals surface area (Å²) in [5.41, 5.74) is 3.13. The Bertz CT molecular complexity index is 799. The summed E-state index contributed by atoms with van der Waals surface area (Å²) in [5.74, 6) is 1.01. The number of imidazole rings is 1. The van der Waals surface area contributed by atoms with Crippen molar-refractivity contribution in [1.29, 1.82) is 0 Å². The molecule has 114 valence electrons. The Morgan fingerprint density at radius 3 is 2.59 bits per heavy atom. The number of halogens is 1. The predicted octanol–water partition coefficient (Wildman–Crippen LogP) is 4.72. The van der Waals surface area contributed by atoms with Crippen molar-refractivity contribution in [1.82, 2.24) is 14.5 Å². The number of fused-ring (bicyclic) bond motifs is 1. The molecule has 0 saturated carbocycles. The Morgan fingerprint density at radius 2 is 1.86 bits per heavy atom. The maximum absolute atomic E-state index is 6.31. The Balaban J connectivity index is 2.08. The molecule has 0 N–H and O–H groups in total. The zero-order valence-corrected chi connectivity index (χ0v) is 13.9. The van der Waals surface area contributed by atoms with Crippen LogP contribution in [-0.4, -0.2) is 14.5 Å². The lowest BCUT2D eigenvalue weighted by Gasteiger charge is -2.21.